The standard InChI is InChI=1S/C32H37N3O6Si/c1-31(2,3)42(23-17-11-7-12-18-23,24-19-13-8-14-20-24)37-21-25-26-27(41-32(4,5)40-26)28(29(38-25)34-35-33)39-30(36)22-15-9-6-10-16-22/h6-20,25-29H,21H2,1-5H3/t25?,26-,27-,28?,29+/m0/s1. The van der Waals surface area contributed by atoms with Crippen molar-refractivity contribution in [2.75, 3.05) is 6.61 Å². The number of ether oxygens (including phenoxy) is 4. The first-order valence-corrected chi connectivity index (χ1v) is 16.0. The van der Waals surface area contributed by atoms with Gasteiger partial charge in [-0.1, -0.05) is 105 Å². The maximum atomic E-state index is 13.0. The normalized spacial score (nSPS) is 25.2. The molecule has 2 heterocycles. The van der Waals surface area contributed by atoms with Gasteiger partial charge in [-0.3, -0.25) is 0 Å². The molecule has 0 spiro atoms. The van der Waals surface area contributed by atoms with E-state index in [2.05, 4.69) is 55.1 Å². The lowest BCUT2D eigenvalue weighted by molar-refractivity contribution is -0.193. The average Bonchev–Trinajstić information content (AvgIpc) is 3.31. The molecule has 5 rings (SSSR count). The van der Waals surface area contributed by atoms with Gasteiger partial charge in [0.15, 0.2) is 18.1 Å². The highest BCUT2D eigenvalue weighted by molar-refractivity contribution is 6.99. The summed E-state index contributed by atoms with van der Waals surface area (Å²) in [6.45, 7) is 10.3. The smallest absolute Gasteiger partial charge is 0.338 e. The van der Waals surface area contributed by atoms with Crippen LogP contribution in [0.25, 0.3) is 10.4 Å². The van der Waals surface area contributed by atoms with E-state index in [0.29, 0.717) is 5.56 Å². The fourth-order valence-electron chi connectivity index (χ4n) is 5.99. The second-order valence-electron chi connectivity index (χ2n) is 12.0. The van der Waals surface area contributed by atoms with E-state index in [1.54, 1.807) is 38.1 Å². The molecule has 220 valence electrons. The average molecular weight is 588 g/mol. The molecule has 0 saturated carbocycles. The predicted molar refractivity (Wildman–Crippen MR) is 161 cm³/mol. The van der Waals surface area contributed by atoms with Crippen molar-refractivity contribution in [2.45, 2.75) is 76.1 Å². The molecule has 0 bridgehead atoms. The van der Waals surface area contributed by atoms with Gasteiger partial charge in [-0.05, 0) is 46.9 Å². The van der Waals surface area contributed by atoms with E-state index in [-0.39, 0.29) is 11.6 Å². The SMILES string of the molecule is CC1(C)O[C@@H]2C(OC(=O)c3ccccc3)[C@H](N=[N+]=[N-])OC(CO[Si](c3ccccc3)(c3ccccc3)C(C)(C)C)[C@@H]2O1. The fourth-order valence-corrected chi connectivity index (χ4v) is 10.6. The number of carbonyl (C=O) groups excluding carboxylic acids is 1. The van der Waals surface area contributed by atoms with Gasteiger partial charge in [0.2, 0.25) is 0 Å². The van der Waals surface area contributed by atoms with Crippen LogP contribution < -0.4 is 10.4 Å². The summed E-state index contributed by atoms with van der Waals surface area (Å²) < 4.78 is 32.0. The van der Waals surface area contributed by atoms with E-state index >= 15 is 0 Å². The molecule has 0 aromatic heterocycles. The molecular formula is C32H37N3O6Si. The number of fused-ring (bicyclic) bond motifs is 1. The summed E-state index contributed by atoms with van der Waals surface area (Å²) in [6.07, 6.45) is -4.22. The Hall–Kier alpha value is -3.50. The lowest BCUT2D eigenvalue weighted by Crippen LogP contribution is -2.68. The number of benzene rings is 3. The van der Waals surface area contributed by atoms with Crippen molar-refractivity contribution in [2.24, 2.45) is 5.11 Å². The molecule has 0 amide bonds. The van der Waals surface area contributed by atoms with Gasteiger partial charge >= 0.3 is 5.97 Å². The predicted octanol–water partition coefficient (Wildman–Crippen LogP) is 5.34. The van der Waals surface area contributed by atoms with Crippen molar-refractivity contribution in [1.29, 1.82) is 0 Å². The Kier molecular flexibility index (Phi) is 8.57. The molecule has 9 nitrogen and oxygen atoms in total. The molecule has 2 unspecified atom stereocenters. The number of nitrogens with zero attached hydrogens (tertiary/aromatic N) is 3. The van der Waals surface area contributed by atoms with Gasteiger partial charge in [0.1, 0.15) is 18.3 Å². The summed E-state index contributed by atoms with van der Waals surface area (Å²) in [5.74, 6) is -1.56. The van der Waals surface area contributed by atoms with Gasteiger partial charge in [-0.25, -0.2) is 4.79 Å². The second kappa shape index (κ2) is 12.0. The Balaban J connectivity index is 1.49. The maximum Gasteiger partial charge on any atom is 0.338 e. The van der Waals surface area contributed by atoms with E-state index in [0.717, 1.165) is 10.4 Å². The van der Waals surface area contributed by atoms with Crippen LogP contribution >= 0.6 is 0 Å². The third kappa shape index (κ3) is 5.87. The summed E-state index contributed by atoms with van der Waals surface area (Å²) in [7, 11) is -2.91. The zero-order valence-corrected chi connectivity index (χ0v) is 25.5. The van der Waals surface area contributed by atoms with E-state index < -0.39 is 50.7 Å². The minimum Gasteiger partial charge on any atom is -0.453 e. The number of hydrogen-bond acceptors (Lipinski definition) is 7. The summed E-state index contributed by atoms with van der Waals surface area (Å²) in [4.78, 5) is 16.0. The van der Waals surface area contributed by atoms with E-state index in [9.17, 15) is 10.3 Å². The van der Waals surface area contributed by atoms with Crippen LogP contribution in [-0.4, -0.2) is 57.3 Å². The zero-order valence-electron chi connectivity index (χ0n) is 24.5. The molecule has 3 aromatic rings. The van der Waals surface area contributed by atoms with E-state index in [1.165, 1.54) is 0 Å². The van der Waals surface area contributed by atoms with E-state index in [4.69, 9.17) is 23.4 Å². The summed E-state index contributed by atoms with van der Waals surface area (Å²) in [5, 5.41) is 5.88. The van der Waals surface area contributed by atoms with Gasteiger partial charge in [0.25, 0.3) is 8.32 Å². The summed E-state index contributed by atoms with van der Waals surface area (Å²) in [6, 6.07) is 29.2. The molecule has 42 heavy (non-hydrogen) atoms. The minimum atomic E-state index is -2.91. The van der Waals surface area contributed by atoms with Crippen LogP contribution in [0.1, 0.15) is 45.0 Å². The Labute approximate surface area is 247 Å². The highest BCUT2D eigenvalue weighted by Gasteiger charge is 2.58. The van der Waals surface area contributed by atoms with Crippen molar-refractivity contribution in [3.8, 4) is 0 Å². The highest BCUT2D eigenvalue weighted by atomic mass is 28.4. The number of hydrogen-bond donors (Lipinski definition) is 0. The molecule has 5 atom stereocenters. The Bertz CT molecular complexity index is 1370. The third-order valence-electron chi connectivity index (χ3n) is 7.75. The van der Waals surface area contributed by atoms with Crippen molar-refractivity contribution in [3.05, 3.63) is 107 Å². The van der Waals surface area contributed by atoms with Crippen molar-refractivity contribution >= 4 is 24.7 Å². The summed E-state index contributed by atoms with van der Waals surface area (Å²) >= 11 is 0. The zero-order chi connectivity index (χ0) is 30.0. The van der Waals surface area contributed by atoms with Crippen molar-refractivity contribution in [1.82, 2.24) is 0 Å². The first-order chi connectivity index (χ1) is 20.1. The molecule has 2 aliphatic rings. The minimum absolute atomic E-state index is 0.144. The number of carbonyl (C=O) groups is 1. The monoisotopic (exact) mass is 587 g/mol. The molecule has 2 saturated heterocycles. The van der Waals surface area contributed by atoms with Crippen molar-refractivity contribution < 1.29 is 28.2 Å². The largest absolute Gasteiger partial charge is 0.453 e. The van der Waals surface area contributed by atoms with Gasteiger partial charge in [-0.2, -0.15) is 0 Å². The van der Waals surface area contributed by atoms with Gasteiger partial charge in [0.05, 0.1) is 12.2 Å². The van der Waals surface area contributed by atoms with Gasteiger partial charge < -0.3 is 23.4 Å². The van der Waals surface area contributed by atoms with Gasteiger partial charge in [-0.15, -0.1) is 0 Å². The third-order valence-corrected chi connectivity index (χ3v) is 12.8. The summed E-state index contributed by atoms with van der Waals surface area (Å²) in [5.41, 5.74) is 9.79. The van der Waals surface area contributed by atoms with Crippen molar-refractivity contribution in [3.63, 3.8) is 0 Å². The Morgan fingerprint density at radius 3 is 1.95 bits per heavy atom. The second-order valence-corrected chi connectivity index (χ2v) is 16.4. The molecule has 0 aliphatic carbocycles. The van der Waals surface area contributed by atoms with Gasteiger partial charge in [0, 0.05) is 4.91 Å². The highest BCUT2D eigenvalue weighted by Crippen LogP contribution is 2.41. The lowest BCUT2D eigenvalue weighted by atomic mass is 9.98. The Morgan fingerprint density at radius 1 is 0.905 bits per heavy atom. The van der Waals surface area contributed by atoms with Crippen LogP contribution in [0.4, 0.5) is 0 Å². The number of rotatable bonds is 8. The molecule has 2 fully saturated rings. The van der Waals surface area contributed by atoms with E-state index in [1.807, 2.05) is 42.5 Å². The number of esters is 1. The van der Waals surface area contributed by atoms with Crippen LogP contribution in [0.5, 0.6) is 0 Å². The molecule has 3 aromatic carbocycles. The van der Waals surface area contributed by atoms with Crippen LogP contribution in [0.15, 0.2) is 96.1 Å². The molecular weight excluding hydrogens is 550 g/mol. The fraction of sp³-hybridized carbons (Fsp3) is 0.406. The van der Waals surface area contributed by atoms with Crippen LogP contribution in [-0.2, 0) is 23.4 Å². The lowest BCUT2D eigenvalue weighted by Gasteiger charge is -2.45. The van der Waals surface area contributed by atoms with Crippen LogP contribution in [0.3, 0.4) is 0 Å². The number of azide groups is 1. The molecule has 10 heteroatoms. The molecule has 0 radical (unpaired) electrons. The Morgan fingerprint density at radius 2 is 1.43 bits per heavy atom. The maximum absolute atomic E-state index is 13.0. The molecule has 0 N–H and O–H groups in total. The van der Waals surface area contributed by atoms with Crippen LogP contribution in [0.2, 0.25) is 5.04 Å². The molecule has 2 aliphatic heterocycles. The first kappa shape index (κ1) is 30.0. The van der Waals surface area contributed by atoms with Crippen LogP contribution in [0, 0.1) is 0 Å². The quantitative estimate of drug-likeness (QED) is 0.116. The topological polar surface area (TPSA) is 112 Å². The first-order valence-electron chi connectivity index (χ1n) is 14.1.